The number of aryl methyl sites for hydroxylation is 1. The second-order valence-electron chi connectivity index (χ2n) is 10.5. The molecule has 1 aromatic heterocycles. The van der Waals surface area contributed by atoms with Crippen LogP contribution in [0.25, 0.3) is 5.69 Å². The van der Waals surface area contributed by atoms with E-state index in [1.54, 1.807) is 11.1 Å². The molecule has 1 aliphatic rings. The minimum absolute atomic E-state index is 0.0299. The summed E-state index contributed by atoms with van der Waals surface area (Å²) in [5, 5.41) is 8.35. The quantitative estimate of drug-likeness (QED) is 0.401. The van der Waals surface area contributed by atoms with Crippen LogP contribution >= 0.6 is 11.6 Å². The molecule has 1 saturated heterocycles. The first-order valence-corrected chi connectivity index (χ1v) is 13.2. The molecule has 1 N–H and O–H groups in total. The van der Waals surface area contributed by atoms with Gasteiger partial charge in [0.15, 0.2) is 0 Å². The maximum absolute atomic E-state index is 13.5. The highest BCUT2D eigenvalue weighted by Gasteiger charge is 2.32. The Morgan fingerprint density at radius 3 is 2.51 bits per heavy atom. The molecule has 7 nitrogen and oxygen atoms in total. The molecule has 0 aliphatic carbocycles. The van der Waals surface area contributed by atoms with Crippen LogP contribution in [0.15, 0.2) is 48.7 Å². The molecule has 0 radical (unpaired) electrons. The van der Waals surface area contributed by atoms with Gasteiger partial charge in [0.05, 0.1) is 23.1 Å². The number of likely N-dealkylation sites (tertiary alicyclic amines) is 1. The molecule has 0 spiro atoms. The molecule has 1 fully saturated rings. The maximum Gasteiger partial charge on any atom is 0.410 e. The van der Waals surface area contributed by atoms with Crippen molar-refractivity contribution in [1.29, 1.82) is 0 Å². The lowest BCUT2D eigenvalue weighted by Gasteiger charge is -2.34. The first kappa shape index (κ1) is 26.7. The van der Waals surface area contributed by atoms with E-state index in [1.165, 1.54) is 0 Å². The summed E-state index contributed by atoms with van der Waals surface area (Å²) in [7, 11) is 0. The highest BCUT2D eigenvalue weighted by atomic mass is 35.5. The highest BCUT2D eigenvalue weighted by molar-refractivity contribution is 6.31. The minimum atomic E-state index is -0.545. The van der Waals surface area contributed by atoms with Gasteiger partial charge in [-0.25, -0.2) is 9.48 Å². The van der Waals surface area contributed by atoms with Gasteiger partial charge in [0.1, 0.15) is 5.60 Å². The average Bonchev–Trinajstić information content (AvgIpc) is 3.30. The number of nitrogens with one attached hydrogen (secondary N) is 1. The van der Waals surface area contributed by atoms with Crippen LogP contribution in [-0.4, -0.2) is 45.4 Å². The van der Waals surface area contributed by atoms with Crippen molar-refractivity contribution in [3.8, 4) is 5.69 Å². The summed E-state index contributed by atoms with van der Waals surface area (Å²) >= 11 is 6.44. The van der Waals surface area contributed by atoms with Gasteiger partial charge in [-0.3, -0.25) is 4.79 Å². The summed E-state index contributed by atoms with van der Waals surface area (Å²) in [5.74, 6) is -0.175. The van der Waals surface area contributed by atoms with Gasteiger partial charge in [-0.1, -0.05) is 36.7 Å². The number of halogens is 1. The Bertz CT molecular complexity index is 1290. The zero-order chi connectivity index (χ0) is 26.7. The number of hydrogen-bond donors (Lipinski definition) is 1. The van der Waals surface area contributed by atoms with Crippen LogP contribution in [-0.2, 0) is 11.2 Å². The van der Waals surface area contributed by atoms with Crippen molar-refractivity contribution in [1.82, 2.24) is 14.7 Å². The normalized spacial score (nSPS) is 14.5. The molecule has 1 aliphatic heterocycles. The predicted octanol–water partition coefficient (Wildman–Crippen LogP) is 6.76. The Kier molecular flexibility index (Phi) is 7.93. The van der Waals surface area contributed by atoms with Crippen LogP contribution in [0.5, 0.6) is 0 Å². The van der Waals surface area contributed by atoms with E-state index in [2.05, 4.69) is 17.3 Å². The molecule has 0 atom stereocenters. The number of nitrogens with zero attached hydrogens (tertiary/aromatic N) is 3. The number of carbonyl (C=O) groups excluding carboxylic acids is 2. The van der Waals surface area contributed by atoms with Gasteiger partial charge in [0, 0.05) is 29.7 Å². The smallest absolute Gasteiger partial charge is 0.410 e. The van der Waals surface area contributed by atoms with E-state index in [0.717, 1.165) is 34.6 Å². The molecule has 8 heteroatoms. The van der Waals surface area contributed by atoms with Gasteiger partial charge in [-0.2, -0.15) is 5.10 Å². The topological polar surface area (TPSA) is 76.5 Å². The maximum atomic E-state index is 13.5. The fraction of sp³-hybridized carbons (Fsp3) is 0.414. The molecule has 4 rings (SSSR count). The molecule has 0 bridgehead atoms. The Labute approximate surface area is 223 Å². The summed E-state index contributed by atoms with van der Waals surface area (Å²) in [6, 6.07) is 13.6. The number of amides is 2. The molecule has 196 valence electrons. The zero-order valence-electron chi connectivity index (χ0n) is 22.2. The highest BCUT2D eigenvalue weighted by Crippen LogP contribution is 2.34. The van der Waals surface area contributed by atoms with Gasteiger partial charge >= 0.3 is 6.09 Å². The third-order valence-electron chi connectivity index (χ3n) is 6.64. The van der Waals surface area contributed by atoms with Crippen molar-refractivity contribution in [2.45, 2.75) is 65.4 Å². The predicted molar refractivity (Wildman–Crippen MR) is 147 cm³/mol. The molecule has 0 unspecified atom stereocenters. The zero-order valence-corrected chi connectivity index (χ0v) is 22.9. The summed E-state index contributed by atoms with van der Waals surface area (Å²) in [4.78, 5) is 27.9. The second-order valence-corrected chi connectivity index (χ2v) is 10.9. The lowest BCUT2D eigenvalue weighted by molar-refractivity contribution is 0.0203. The van der Waals surface area contributed by atoms with E-state index in [1.807, 2.05) is 74.8 Å². The Morgan fingerprint density at radius 2 is 1.84 bits per heavy atom. The SMILES string of the molecule is CCc1cccc(NC(=O)c2cnn(-c3cccc(Cl)c3C)c2C2CCN(C(=O)OC(C)(C)C)CC2)c1. The van der Waals surface area contributed by atoms with E-state index < -0.39 is 5.60 Å². The van der Waals surface area contributed by atoms with Crippen molar-refractivity contribution < 1.29 is 14.3 Å². The van der Waals surface area contributed by atoms with Crippen molar-refractivity contribution in [3.63, 3.8) is 0 Å². The Hall–Kier alpha value is -3.32. The monoisotopic (exact) mass is 522 g/mol. The molecule has 3 aromatic rings. The first-order chi connectivity index (χ1) is 17.6. The van der Waals surface area contributed by atoms with E-state index in [0.29, 0.717) is 36.5 Å². The van der Waals surface area contributed by atoms with Crippen LogP contribution in [0.4, 0.5) is 10.5 Å². The third-order valence-corrected chi connectivity index (χ3v) is 7.05. The largest absolute Gasteiger partial charge is 0.444 e. The van der Waals surface area contributed by atoms with Crippen LogP contribution in [0, 0.1) is 6.92 Å². The van der Waals surface area contributed by atoms with E-state index in [-0.39, 0.29) is 17.9 Å². The van der Waals surface area contributed by atoms with Crippen molar-refractivity contribution >= 4 is 29.3 Å². The third kappa shape index (κ3) is 6.16. The van der Waals surface area contributed by atoms with E-state index in [9.17, 15) is 9.59 Å². The van der Waals surface area contributed by atoms with Gasteiger partial charge in [0.25, 0.3) is 5.91 Å². The number of ether oxygens (including phenoxy) is 1. The molecular formula is C29H35ClN4O3. The summed E-state index contributed by atoms with van der Waals surface area (Å²) in [6.07, 6.45) is 3.59. The number of hydrogen-bond acceptors (Lipinski definition) is 4. The van der Waals surface area contributed by atoms with Gasteiger partial charge in [-0.15, -0.1) is 0 Å². The fourth-order valence-electron chi connectivity index (χ4n) is 4.67. The number of rotatable bonds is 5. The average molecular weight is 523 g/mol. The first-order valence-electron chi connectivity index (χ1n) is 12.8. The van der Waals surface area contributed by atoms with Gasteiger partial charge < -0.3 is 15.0 Å². The number of carbonyl (C=O) groups is 2. The lowest BCUT2D eigenvalue weighted by atomic mass is 9.90. The van der Waals surface area contributed by atoms with Crippen LogP contribution in [0.2, 0.25) is 5.02 Å². The van der Waals surface area contributed by atoms with Crippen LogP contribution in [0.3, 0.4) is 0 Å². The van der Waals surface area contributed by atoms with E-state index >= 15 is 0 Å². The van der Waals surface area contributed by atoms with Gasteiger partial charge in [-0.05, 0) is 82.3 Å². The molecule has 2 aromatic carbocycles. The molecule has 0 saturated carbocycles. The van der Waals surface area contributed by atoms with Crippen molar-refractivity contribution in [2.75, 3.05) is 18.4 Å². The summed E-state index contributed by atoms with van der Waals surface area (Å²) in [6.45, 7) is 10.7. The van der Waals surface area contributed by atoms with Crippen molar-refractivity contribution in [3.05, 3.63) is 76.1 Å². The Morgan fingerprint density at radius 1 is 1.14 bits per heavy atom. The molecule has 2 heterocycles. The van der Waals surface area contributed by atoms with Gasteiger partial charge in [0.2, 0.25) is 0 Å². The number of benzene rings is 2. The van der Waals surface area contributed by atoms with Crippen LogP contribution in [0.1, 0.15) is 73.6 Å². The number of anilines is 1. The molecule has 37 heavy (non-hydrogen) atoms. The molecular weight excluding hydrogens is 488 g/mol. The summed E-state index contributed by atoms with van der Waals surface area (Å²) in [5.41, 5.74) is 4.44. The lowest BCUT2D eigenvalue weighted by Crippen LogP contribution is -2.41. The number of aromatic nitrogens is 2. The van der Waals surface area contributed by atoms with Crippen molar-refractivity contribution in [2.24, 2.45) is 0 Å². The Balaban J connectivity index is 1.65. The van der Waals surface area contributed by atoms with Crippen LogP contribution < -0.4 is 5.32 Å². The molecule has 2 amide bonds. The standard InChI is InChI=1S/C29H35ClN4O3/c1-6-20-9-7-10-22(17-20)32-27(35)23-18-31-34(25-12-8-11-24(30)19(25)2)26(23)21-13-15-33(16-14-21)28(36)37-29(3,4)5/h7-12,17-18,21H,6,13-16H2,1-5H3,(H,32,35). The number of piperidine rings is 1. The fourth-order valence-corrected chi connectivity index (χ4v) is 4.84. The van der Waals surface area contributed by atoms with E-state index in [4.69, 9.17) is 16.3 Å². The summed E-state index contributed by atoms with van der Waals surface area (Å²) < 4.78 is 7.40. The minimum Gasteiger partial charge on any atom is -0.444 e. The second kappa shape index (κ2) is 11.0.